The summed E-state index contributed by atoms with van der Waals surface area (Å²) in [6, 6.07) is 13.2. The maximum Gasteiger partial charge on any atom is 0.348 e. The molecular formula is C15H10ClNO2S. The molecule has 0 saturated heterocycles. The first-order valence-electron chi connectivity index (χ1n) is 5.99. The average molecular weight is 304 g/mol. The molecule has 0 spiro atoms. The Morgan fingerprint density at radius 1 is 1.25 bits per heavy atom. The zero-order chi connectivity index (χ0) is 13.9. The largest absolute Gasteiger partial charge is 0.457 e. The summed E-state index contributed by atoms with van der Waals surface area (Å²) in [5.41, 5.74) is 0.698. The van der Waals surface area contributed by atoms with E-state index in [1.807, 2.05) is 30.3 Å². The lowest BCUT2D eigenvalue weighted by Crippen LogP contribution is -2.03. The lowest BCUT2D eigenvalue weighted by molar-refractivity contribution is 0.0478. The number of carbonyl (C=O) groups excluding carboxylic acids is 1. The molecule has 0 bridgehead atoms. The van der Waals surface area contributed by atoms with Gasteiger partial charge in [-0.25, -0.2) is 9.78 Å². The predicted octanol–water partition coefficient (Wildman–Crippen LogP) is 4.31. The van der Waals surface area contributed by atoms with Gasteiger partial charge in [0.1, 0.15) is 16.6 Å². The van der Waals surface area contributed by atoms with Crippen LogP contribution in [0.3, 0.4) is 0 Å². The number of halogens is 1. The number of esters is 1. The van der Waals surface area contributed by atoms with Crippen molar-refractivity contribution in [2.75, 3.05) is 0 Å². The molecule has 0 unspecified atom stereocenters. The highest BCUT2D eigenvalue weighted by Gasteiger charge is 2.12. The maximum atomic E-state index is 12.0. The minimum atomic E-state index is -0.342. The Balaban J connectivity index is 1.75. The van der Waals surface area contributed by atoms with Gasteiger partial charge in [-0.3, -0.25) is 0 Å². The van der Waals surface area contributed by atoms with Gasteiger partial charge in [-0.1, -0.05) is 35.9 Å². The van der Waals surface area contributed by atoms with Crippen molar-refractivity contribution in [3.63, 3.8) is 0 Å². The Labute approximate surface area is 124 Å². The highest BCUT2D eigenvalue weighted by Crippen LogP contribution is 2.26. The second-order valence-electron chi connectivity index (χ2n) is 4.18. The third-order valence-corrected chi connectivity index (χ3v) is 4.26. The molecule has 5 heteroatoms. The van der Waals surface area contributed by atoms with Gasteiger partial charge in [0.05, 0.1) is 0 Å². The van der Waals surface area contributed by atoms with Crippen molar-refractivity contribution in [2.24, 2.45) is 0 Å². The molecule has 0 fully saturated rings. The van der Waals surface area contributed by atoms with Crippen LogP contribution in [0.4, 0.5) is 0 Å². The van der Waals surface area contributed by atoms with Gasteiger partial charge in [-0.15, -0.1) is 11.3 Å². The van der Waals surface area contributed by atoms with E-state index in [0.717, 1.165) is 10.1 Å². The smallest absolute Gasteiger partial charge is 0.348 e. The first-order valence-corrected chi connectivity index (χ1v) is 7.18. The molecule has 1 aromatic carbocycles. The van der Waals surface area contributed by atoms with Gasteiger partial charge in [0.15, 0.2) is 0 Å². The van der Waals surface area contributed by atoms with Crippen molar-refractivity contribution in [3.05, 3.63) is 64.3 Å². The lowest BCUT2D eigenvalue weighted by atomic mass is 10.2. The maximum absolute atomic E-state index is 12.0. The zero-order valence-corrected chi connectivity index (χ0v) is 11.9. The van der Waals surface area contributed by atoms with Gasteiger partial charge < -0.3 is 4.74 Å². The molecular weight excluding hydrogens is 294 g/mol. The number of thiophene rings is 1. The van der Waals surface area contributed by atoms with E-state index in [0.29, 0.717) is 15.6 Å². The van der Waals surface area contributed by atoms with Crippen LogP contribution in [0.2, 0.25) is 5.15 Å². The third-order valence-electron chi connectivity index (χ3n) is 2.82. The van der Waals surface area contributed by atoms with Crippen LogP contribution in [0.5, 0.6) is 0 Å². The van der Waals surface area contributed by atoms with Crippen molar-refractivity contribution >= 4 is 39.0 Å². The molecule has 100 valence electrons. The standard InChI is InChI=1S/C15H10ClNO2S/c16-14-11(5-3-7-17-14)9-19-15(18)13-8-10-4-1-2-6-12(10)20-13/h1-8H,9H2. The Bertz CT molecular complexity index is 736. The average Bonchev–Trinajstić information content (AvgIpc) is 2.90. The van der Waals surface area contributed by atoms with E-state index in [-0.39, 0.29) is 12.6 Å². The number of pyridine rings is 1. The summed E-state index contributed by atoms with van der Waals surface area (Å²) >= 11 is 7.34. The first-order chi connectivity index (χ1) is 9.74. The SMILES string of the molecule is O=C(OCc1cccnc1Cl)c1cc2ccccc2s1. The van der Waals surface area contributed by atoms with Gasteiger partial charge in [0.2, 0.25) is 0 Å². The van der Waals surface area contributed by atoms with Gasteiger partial charge in [-0.05, 0) is 23.6 Å². The van der Waals surface area contributed by atoms with E-state index in [1.165, 1.54) is 11.3 Å². The molecule has 3 nitrogen and oxygen atoms in total. The predicted molar refractivity (Wildman–Crippen MR) is 80.2 cm³/mol. The van der Waals surface area contributed by atoms with E-state index in [9.17, 15) is 4.79 Å². The van der Waals surface area contributed by atoms with Crippen LogP contribution in [-0.4, -0.2) is 11.0 Å². The number of aromatic nitrogens is 1. The summed E-state index contributed by atoms with van der Waals surface area (Å²) in [6.07, 6.45) is 1.60. The summed E-state index contributed by atoms with van der Waals surface area (Å²) in [5.74, 6) is -0.342. The molecule has 0 N–H and O–H groups in total. The fraction of sp³-hybridized carbons (Fsp3) is 0.0667. The number of hydrogen-bond donors (Lipinski definition) is 0. The summed E-state index contributed by atoms with van der Waals surface area (Å²) in [4.78, 5) is 16.6. The van der Waals surface area contributed by atoms with Crippen molar-refractivity contribution in [1.82, 2.24) is 4.98 Å². The molecule has 0 aliphatic heterocycles. The second-order valence-corrected chi connectivity index (χ2v) is 5.62. The minimum absolute atomic E-state index is 0.125. The molecule has 0 saturated carbocycles. The molecule has 2 aromatic heterocycles. The van der Waals surface area contributed by atoms with Crippen molar-refractivity contribution in [1.29, 1.82) is 0 Å². The van der Waals surface area contributed by atoms with Crippen molar-refractivity contribution in [3.8, 4) is 0 Å². The summed E-state index contributed by atoms with van der Waals surface area (Å²) in [6.45, 7) is 0.125. The van der Waals surface area contributed by atoms with Gasteiger partial charge in [0.25, 0.3) is 0 Å². The normalized spacial score (nSPS) is 10.7. The van der Waals surface area contributed by atoms with Gasteiger partial charge >= 0.3 is 5.97 Å². The summed E-state index contributed by atoms with van der Waals surface area (Å²) < 4.78 is 6.34. The van der Waals surface area contributed by atoms with Crippen LogP contribution in [0.15, 0.2) is 48.7 Å². The fourth-order valence-corrected chi connectivity index (χ4v) is 2.95. The fourth-order valence-electron chi connectivity index (χ4n) is 1.82. The van der Waals surface area contributed by atoms with Crippen LogP contribution >= 0.6 is 22.9 Å². The van der Waals surface area contributed by atoms with E-state index in [1.54, 1.807) is 18.3 Å². The molecule has 0 amide bonds. The number of nitrogens with zero attached hydrogens (tertiary/aromatic N) is 1. The Kier molecular flexibility index (Phi) is 3.67. The quantitative estimate of drug-likeness (QED) is 0.535. The number of rotatable bonds is 3. The molecule has 0 atom stereocenters. The van der Waals surface area contributed by atoms with Crippen LogP contribution in [-0.2, 0) is 11.3 Å². The van der Waals surface area contributed by atoms with Crippen LogP contribution in [0.1, 0.15) is 15.2 Å². The van der Waals surface area contributed by atoms with Gasteiger partial charge in [-0.2, -0.15) is 0 Å². The zero-order valence-electron chi connectivity index (χ0n) is 10.4. The highest BCUT2D eigenvalue weighted by atomic mass is 35.5. The number of carbonyl (C=O) groups is 1. The molecule has 0 aliphatic rings. The Morgan fingerprint density at radius 3 is 2.90 bits per heavy atom. The molecule has 2 heterocycles. The van der Waals surface area contributed by atoms with E-state index < -0.39 is 0 Å². The van der Waals surface area contributed by atoms with Crippen LogP contribution < -0.4 is 0 Å². The monoisotopic (exact) mass is 303 g/mol. The topological polar surface area (TPSA) is 39.2 Å². The number of hydrogen-bond acceptors (Lipinski definition) is 4. The molecule has 0 aliphatic carbocycles. The van der Waals surface area contributed by atoms with E-state index in [2.05, 4.69) is 4.98 Å². The molecule has 3 aromatic rings. The minimum Gasteiger partial charge on any atom is -0.457 e. The third kappa shape index (κ3) is 2.66. The lowest BCUT2D eigenvalue weighted by Gasteiger charge is -2.04. The first kappa shape index (κ1) is 13.1. The Morgan fingerprint density at radius 2 is 2.10 bits per heavy atom. The number of benzene rings is 1. The van der Waals surface area contributed by atoms with Gasteiger partial charge in [0, 0.05) is 16.5 Å². The second kappa shape index (κ2) is 5.61. The van der Waals surface area contributed by atoms with Crippen molar-refractivity contribution in [2.45, 2.75) is 6.61 Å². The molecule has 0 radical (unpaired) electrons. The molecule has 20 heavy (non-hydrogen) atoms. The summed E-state index contributed by atoms with van der Waals surface area (Å²) in [7, 11) is 0. The van der Waals surface area contributed by atoms with Crippen LogP contribution in [0.25, 0.3) is 10.1 Å². The van der Waals surface area contributed by atoms with E-state index >= 15 is 0 Å². The number of ether oxygens (including phenoxy) is 1. The highest BCUT2D eigenvalue weighted by molar-refractivity contribution is 7.20. The number of fused-ring (bicyclic) bond motifs is 1. The van der Waals surface area contributed by atoms with Crippen LogP contribution in [0, 0.1) is 0 Å². The summed E-state index contributed by atoms with van der Waals surface area (Å²) in [5, 5.41) is 1.40. The Hall–Kier alpha value is -1.91. The van der Waals surface area contributed by atoms with E-state index in [4.69, 9.17) is 16.3 Å². The van der Waals surface area contributed by atoms with Crippen molar-refractivity contribution < 1.29 is 9.53 Å². The molecule has 3 rings (SSSR count).